The van der Waals surface area contributed by atoms with Crippen LogP contribution in [0.5, 0.6) is 10.9 Å². The molecule has 35 heavy (non-hydrogen) atoms. The van der Waals surface area contributed by atoms with E-state index < -0.39 is 29.2 Å². The maximum atomic E-state index is 14.7. The Labute approximate surface area is 208 Å². The lowest BCUT2D eigenvalue weighted by Gasteiger charge is -2.35. The molecule has 4 aromatic rings. The Hall–Kier alpha value is -3.41. The molecular weight excluding hydrogens is 500 g/mol. The number of benzene rings is 2. The Balaban J connectivity index is 1.58. The zero-order chi connectivity index (χ0) is 25.2. The SMILES string of the molecule is Cc1nc(Oc2ccc(Cl)cc2)sc1C(=O)NC(C)C(O)(Cn1cncn1)c1ccc(F)cc1F. The Kier molecular flexibility index (Phi) is 7.10. The molecular formula is C23H20ClF2N5O3S. The van der Waals surface area contributed by atoms with E-state index in [1.807, 2.05) is 0 Å². The first-order valence-corrected chi connectivity index (χ1v) is 11.6. The average Bonchev–Trinajstić information content (AvgIpc) is 3.44. The molecule has 0 radical (unpaired) electrons. The quantitative estimate of drug-likeness (QED) is 0.356. The van der Waals surface area contributed by atoms with Gasteiger partial charge in [-0.3, -0.25) is 4.79 Å². The summed E-state index contributed by atoms with van der Waals surface area (Å²) in [4.78, 5) is 21.5. The summed E-state index contributed by atoms with van der Waals surface area (Å²) in [5.41, 5.74) is -1.77. The van der Waals surface area contributed by atoms with Crippen molar-refractivity contribution in [1.82, 2.24) is 25.1 Å². The topological polar surface area (TPSA) is 102 Å². The number of aromatic nitrogens is 4. The number of carbonyl (C=O) groups excluding carboxylic acids is 1. The third-order valence-electron chi connectivity index (χ3n) is 5.33. The largest absolute Gasteiger partial charge is 0.431 e. The van der Waals surface area contributed by atoms with Crippen molar-refractivity contribution in [1.29, 1.82) is 0 Å². The van der Waals surface area contributed by atoms with Crippen LogP contribution < -0.4 is 10.1 Å². The minimum Gasteiger partial charge on any atom is -0.431 e. The molecule has 0 aliphatic rings. The molecule has 0 aliphatic carbocycles. The maximum absolute atomic E-state index is 14.7. The van der Waals surface area contributed by atoms with Crippen LogP contribution >= 0.6 is 22.9 Å². The number of aryl methyl sites for hydroxylation is 1. The van der Waals surface area contributed by atoms with Crippen LogP contribution in [0.1, 0.15) is 27.9 Å². The Bertz CT molecular complexity index is 1330. The van der Waals surface area contributed by atoms with E-state index in [9.17, 15) is 18.7 Å². The standard InChI is InChI=1S/C23H20ClF2N5O3S/c1-13-20(35-22(29-13)34-17-6-3-15(24)4-7-17)21(32)30-14(2)23(33,10-31-12-27-11-28-31)18-8-5-16(25)9-19(18)26/h3-9,11-12,14,33H,10H2,1-2H3,(H,30,32). The highest BCUT2D eigenvalue weighted by molar-refractivity contribution is 7.15. The zero-order valence-corrected chi connectivity index (χ0v) is 20.1. The van der Waals surface area contributed by atoms with Crippen molar-refractivity contribution in [3.05, 3.63) is 87.9 Å². The van der Waals surface area contributed by atoms with Gasteiger partial charge in [0, 0.05) is 16.7 Å². The molecule has 0 aliphatic heterocycles. The Morgan fingerprint density at radius 1 is 1.29 bits per heavy atom. The van der Waals surface area contributed by atoms with Crippen molar-refractivity contribution < 1.29 is 23.4 Å². The second kappa shape index (κ2) is 10.1. The number of aliphatic hydroxyl groups is 1. The van der Waals surface area contributed by atoms with Crippen molar-refractivity contribution in [2.45, 2.75) is 32.0 Å². The summed E-state index contributed by atoms with van der Waals surface area (Å²) in [6.07, 6.45) is 2.60. The Morgan fingerprint density at radius 2 is 2.03 bits per heavy atom. The van der Waals surface area contributed by atoms with Crippen LogP contribution in [0.15, 0.2) is 55.1 Å². The van der Waals surface area contributed by atoms with Gasteiger partial charge in [-0.05, 0) is 44.2 Å². The van der Waals surface area contributed by atoms with Gasteiger partial charge in [-0.25, -0.2) is 23.4 Å². The van der Waals surface area contributed by atoms with Crippen LogP contribution in [0.25, 0.3) is 0 Å². The van der Waals surface area contributed by atoms with Gasteiger partial charge in [0.1, 0.15) is 40.5 Å². The van der Waals surface area contributed by atoms with Crippen LogP contribution in [-0.4, -0.2) is 36.8 Å². The van der Waals surface area contributed by atoms with Gasteiger partial charge in [0.05, 0.1) is 18.3 Å². The molecule has 0 saturated heterocycles. The van der Waals surface area contributed by atoms with Gasteiger partial charge in [-0.1, -0.05) is 29.0 Å². The molecule has 0 fully saturated rings. The first-order valence-electron chi connectivity index (χ1n) is 10.4. The molecule has 182 valence electrons. The molecule has 2 N–H and O–H groups in total. The Morgan fingerprint density at radius 3 is 2.69 bits per heavy atom. The number of rotatable bonds is 8. The molecule has 8 nitrogen and oxygen atoms in total. The predicted molar refractivity (Wildman–Crippen MR) is 126 cm³/mol. The van der Waals surface area contributed by atoms with Crippen LogP contribution in [0, 0.1) is 18.6 Å². The van der Waals surface area contributed by atoms with Gasteiger partial charge in [0.15, 0.2) is 0 Å². The molecule has 12 heteroatoms. The molecule has 4 rings (SSSR count). The van der Waals surface area contributed by atoms with E-state index in [4.69, 9.17) is 16.3 Å². The van der Waals surface area contributed by atoms with Gasteiger partial charge < -0.3 is 15.2 Å². The number of amides is 1. The number of halogens is 3. The van der Waals surface area contributed by atoms with E-state index in [1.54, 1.807) is 31.2 Å². The van der Waals surface area contributed by atoms with Crippen LogP contribution in [0.2, 0.25) is 5.02 Å². The fraction of sp³-hybridized carbons (Fsp3) is 0.217. The zero-order valence-electron chi connectivity index (χ0n) is 18.6. The maximum Gasteiger partial charge on any atom is 0.279 e. The highest BCUT2D eigenvalue weighted by atomic mass is 35.5. The monoisotopic (exact) mass is 519 g/mol. The molecule has 0 spiro atoms. The van der Waals surface area contributed by atoms with Crippen LogP contribution in [0.3, 0.4) is 0 Å². The first kappa shape index (κ1) is 24.7. The summed E-state index contributed by atoms with van der Waals surface area (Å²) < 4.78 is 35.2. The van der Waals surface area contributed by atoms with Crippen molar-refractivity contribution in [3.63, 3.8) is 0 Å². The van der Waals surface area contributed by atoms with Crippen molar-refractivity contribution in [2.24, 2.45) is 0 Å². The second-order valence-electron chi connectivity index (χ2n) is 7.79. The molecule has 2 aromatic heterocycles. The second-order valence-corrected chi connectivity index (χ2v) is 9.18. The summed E-state index contributed by atoms with van der Waals surface area (Å²) in [5, 5.41) is 19.0. The molecule has 0 bridgehead atoms. The number of carbonyl (C=O) groups is 1. The van der Waals surface area contributed by atoms with E-state index >= 15 is 0 Å². The van der Waals surface area contributed by atoms with Crippen molar-refractivity contribution >= 4 is 28.8 Å². The van der Waals surface area contributed by atoms with Crippen LogP contribution in [0.4, 0.5) is 8.78 Å². The number of nitrogens with one attached hydrogen (secondary N) is 1. The average molecular weight is 520 g/mol. The minimum atomic E-state index is -1.98. The molecule has 2 aromatic carbocycles. The fourth-order valence-electron chi connectivity index (χ4n) is 3.47. The van der Waals surface area contributed by atoms with Gasteiger partial charge >= 0.3 is 0 Å². The van der Waals surface area contributed by atoms with E-state index in [1.165, 1.54) is 24.3 Å². The summed E-state index contributed by atoms with van der Waals surface area (Å²) in [6, 6.07) is 8.48. The molecule has 1 amide bonds. The number of hydrogen-bond acceptors (Lipinski definition) is 7. The van der Waals surface area contributed by atoms with Crippen molar-refractivity contribution in [3.8, 4) is 10.9 Å². The first-order chi connectivity index (χ1) is 16.7. The number of thiazole rings is 1. The summed E-state index contributed by atoms with van der Waals surface area (Å²) in [5.74, 6) is -1.80. The number of ether oxygens (including phenoxy) is 1. The van der Waals surface area contributed by atoms with Crippen molar-refractivity contribution in [2.75, 3.05) is 0 Å². The molecule has 2 heterocycles. The highest BCUT2D eigenvalue weighted by Crippen LogP contribution is 2.32. The van der Waals surface area contributed by atoms with Gasteiger partial charge in [0.25, 0.3) is 11.1 Å². The third-order valence-corrected chi connectivity index (χ3v) is 6.62. The fourth-order valence-corrected chi connectivity index (χ4v) is 4.43. The molecule has 2 atom stereocenters. The van der Waals surface area contributed by atoms with Gasteiger partial charge in [0.2, 0.25) is 0 Å². The smallest absolute Gasteiger partial charge is 0.279 e. The minimum absolute atomic E-state index is 0.199. The number of hydrogen-bond donors (Lipinski definition) is 2. The summed E-state index contributed by atoms with van der Waals surface area (Å²) in [6.45, 7) is 2.91. The van der Waals surface area contributed by atoms with E-state index in [2.05, 4.69) is 20.4 Å². The van der Waals surface area contributed by atoms with Gasteiger partial charge in [-0.15, -0.1) is 0 Å². The van der Waals surface area contributed by atoms with E-state index in [-0.39, 0.29) is 22.2 Å². The van der Waals surface area contributed by atoms with Crippen LogP contribution in [-0.2, 0) is 12.1 Å². The number of nitrogens with zero attached hydrogens (tertiary/aromatic N) is 4. The lowest BCUT2D eigenvalue weighted by Crippen LogP contribution is -2.51. The third kappa shape index (κ3) is 5.47. The summed E-state index contributed by atoms with van der Waals surface area (Å²) in [7, 11) is 0. The lowest BCUT2D eigenvalue weighted by molar-refractivity contribution is -0.0185. The normalized spacial score (nSPS) is 13.8. The lowest BCUT2D eigenvalue weighted by atomic mass is 9.86. The predicted octanol–water partition coefficient (Wildman–Crippen LogP) is 4.47. The summed E-state index contributed by atoms with van der Waals surface area (Å²) >= 11 is 6.90. The molecule has 2 unspecified atom stereocenters. The van der Waals surface area contributed by atoms with Gasteiger partial charge in [-0.2, -0.15) is 5.10 Å². The highest BCUT2D eigenvalue weighted by Gasteiger charge is 2.40. The van der Waals surface area contributed by atoms with E-state index in [0.717, 1.165) is 23.5 Å². The molecule has 0 saturated carbocycles. The van der Waals surface area contributed by atoms with E-state index in [0.29, 0.717) is 22.5 Å².